The van der Waals surface area contributed by atoms with Crippen molar-refractivity contribution in [3.8, 4) is 0 Å². The van der Waals surface area contributed by atoms with Crippen molar-refractivity contribution in [1.82, 2.24) is 14.9 Å². The summed E-state index contributed by atoms with van der Waals surface area (Å²) in [5, 5.41) is 3.22. The number of nitrogens with one attached hydrogen (secondary N) is 1. The van der Waals surface area contributed by atoms with Gasteiger partial charge in [0, 0.05) is 32.0 Å². The molecular weight excluding hydrogens is 312 g/mol. The van der Waals surface area contributed by atoms with E-state index in [1.54, 1.807) is 12.4 Å². The molecule has 1 amide bonds. The Bertz CT molecular complexity index is 672. The summed E-state index contributed by atoms with van der Waals surface area (Å²) in [4.78, 5) is 23.0. The fourth-order valence-electron chi connectivity index (χ4n) is 3.22. The number of carbonyl (C=O) groups excluding carboxylic acids is 1. The highest BCUT2D eigenvalue weighted by Crippen LogP contribution is 2.17. The Kier molecular flexibility index (Phi) is 5.99. The number of piperidine rings is 1. The molecule has 0 spiro atoms. The van der Waals surface area contributed by atoms with Crippen LogP contribution in [0.25, 0.3) is 0 Å². The predicted octanol–water partition coefficient (Wildman–Crippen LogP) is 3.39. The largest absolute Gasteiger partial charge is 0.354 e. The van der Waals surface area contributed by atoms with E-state index >= 15 is 0 Å². The number of hydrogen-bond acceptors (Lipinski definition) is 4. The summed E-state index contributed by atoms with van der Waals surface area (Å²) in [6, 6.07) is 10.4. The summed E-state index contributed by atoms with van der Waals surface area (Å²) in [5.41, 5.74) is 1.91. The third-order valence-electron chi connectivity index (χ3n) is 4.61. The highest BCUT2D eigenvalue weighted by molar-refractivity contribution is 5.93. The number of aryl methyl sites for hydroxylation is 1. The van der Waals surface area contributed by atoms with Gasteiger partial charge in [-0.05, 0) is 37.2 Å². The molecule has 5 heteroatoms. The molecule has 1 aromatic heterocycles. The highest BCUT2D eigenvalue weighted by Gasteiger charge is 2.22. The van der Waals surface area contributed by atoms with Gasteiger partial charge in [-0.3, -0.25) is 4.79 Å². The van der Waals surface area contributed by atoms with Crippen LogP contribution in [0.3, 0.4) is 0 Å². The fourth-order valence-corrected chi connectivity index (χ4v) is 3.22. The first-order valence-electron chi connectivity index (χ1n) is 9.11. The summed E-state index contributed by atoms with van der Waals surface area (Å²) < 4.78 is 0. The van der Waals surface area contributed by atoms with Crippen molar-refractivity contribution in [2.24, 2.45) is 5.92 Å². The van der Waals surface area contributed by atoms with E-state index in [0.717, 1.165) is 38.9 Å². The van der Waals surface area contributed by atoms with Crippen molar-refractivity contribution in [2.75, 3.05) is 25.0 Å². The summed E-state index contributed by atoms with van der Waals surface area (Å²) in [7, 11) is 0. The molecule has 132 valence electrons. The van der Waals surface area contributed by atoms with E-state index in [0.29, 0.717) is 17.4 Å². The first-order valence-corrected chi connectivity index (χ1v) is 9.11. The number of hydrogen-bond donors (Lipinski definition) is 1. The van der Waals surface area contributed by atoms with Crippen LogP contribution in [0.2, 0.25) is 0 Å². The average molecular weight is 338 g/mol. The molecule has 0 bridgehead atoms. The minimum Gasteiger partial charge on any atom is -0.354 e. The molecule has 1 atom stereocenters. The number of aromatic nitrogens is 2. The van der Waals surface area contributed by atoms with Gasteiger partial charge in [0.15, 0.2) is 0 Å². The molecule has 2 heterocycles. The average Bonchev–Trinajstić information content (AvgIpc) is 2.66. The number of rotatable bonds is 6. The number of carbonyl (C=O) groups is 1. The van der Waals surface area contributed by atoms with Gasteiger partial charge in [0.25, 0.3) is 5.91 Å². The molecule has 0 saturated carbocycles. The molecule has 1 fully saturated rings. The third-order valence-corrected chi connectivity index (χ3v) is 4.61. The van der Waals surface area contributed by atoms with E-state index in [2.05, 4.69) is 46.5 Å². The molecule has 5 nitrogen and oxygen atoms in total. The van der Waals surface area contributed by atoms with Gasteiger partial charge in [0.2, 0.25) is 5.95 Å². The Morgan fingerprint density at radius 1 is 1.24 bits per heavy atom. The molecule has 1 saturated heterocycles. The Morgan fingerprint density at radius 2 is 2.00 bits per heavy atom. The lowest BCUT2D eigenvalue weighted by Crippen LogP contribution is -2.39. The Hall–Kier alpha value is -2.43. The predicted molar refractivity (Wildman–Crippen MR) is 99.6 cm³/mol. The van der Waals surface area contributed by atoms with Crippen molar-refractivity contribution in [3.05, 3.63) is 53.9 Å². The maximum absolute atomic E-state index is 12.5. The standard InChI is InChI=1S/C20H26N4O/c1-16-7-6-12-24(15-16)19(25)18-13-22-20(23-14-18)21-11-5-10-17-8-3-2-4-9-17/h2-4,8-9,13-14,16H,5-7,10-12,15H2,1H3,(H,21,22,23). The molecule has 1 N–H and O–H groups in total. The Labute approximate surface area is 149 Å². The van der Waals surface area contributed by atoms with E-state index < -0.39 is 0 Å². The van der Waals surface area contributed by atoms with Crippen LogP contribution in [0, 0.1) is 5.92 Å². The van der Waals surface area contributed by atoms with Crippen LogP contribution in [-0.2, 0) is 6.42 Å². The maximum atomic E-state index is 12.5. The zero-order valence-corrected chi connectivity index (χ0v) is 14.8. The topological polar surface area (TPSA) is 58.1 Å². The molecule has 0 aliphatic carbocycles. The third kappa shape index (κ3) is 5.02. The minimum atomic E-state index is 0.0437. The van der Waals surface area contributed by atoms with Crippen LogP contribution < -0.4 is 5.32 Å². The normalized spacial score (nSPS) is 17.3. The van der Waals surface area contributed by atoms with Crippen molar-refractivity contribution in [2.45, 2.75) is 32.6 Å². The maximum Gasteiger partial charge on any atom is 0.257 e. The van der Waals surface area contributed by atoms with Crippen molar-refractivity contribution in [1.29, 1.82) is 0 Å². The van der Waals surface area contributed by atoms with Gasteiger partial charge >= 0.3 is 0 Å². The van der Waals surface area contributed by atoms with Crippen LogP contribution in [-0.4, -0.2) is 40.4 Å². The van der Waals surface area contributed by atoms with E-state index in [4.69, 9.17) is 0 Å². The van der Waals surface area contributed by atoms with Gasteiger partial charge in [-0.15, -0.1) is 0 Å². The summed E-state index contributed by atoms with van der Waals surface area (Å²) in [6.07, 6.45) is 7.58. The molecule has 0 radical (unpaired) electrons. The number of amides is 1. The van der Waals surface area contributed by atoms with Gasteiger partial charge in [-0.2, -0.15) is 0 Å². The molecule has 1 aromatic carbocycles. The number of nitrogens with zero attached hydrogens (tertiary/aromatic N) is 3. The van der Waals surface area contributed by atoms with Gasteiger partial charge in [0.05, 0.1) is 5.56 Å². The van der Waals surface area contributed by atoms with E-state index in [-0.39, 0.29) is 5.91 Å². The van der Waals surface area contributed by atoms with Crippen LogP contribution in [0.1, 0.15) is 42.1 Å². The molecule has 3 rings (SSSR count). The molecule has 25 heavy (non-hydrogen) atoms. The van der Waals surface area contributed by atoms with Crippen molar-refractivity contribution < 1.29 is 4.79 Å². The van der Waals surface area contributed by atoms with Gasteiger partial charge in [-0.25, -0.2) is 9.97 Å². The quantitative estimate of drug-likeness (QED) is 0.820. The highest BCUT2D eigenvalue weighted by atomic mass is 16.2. The lowest BCUT2D eigenvalue weighted by molar-refractivity contribution is 0.0682. The monoisotopic (exact) mass is 338 g/mol. The Balaban J connectivity index is 1.46. The van der Waals surface area contributed by atoms with Gasteiger partial charge in [0.1, 0.15) is 0 Å². The lowest BCUT2D eigenvalue weighted by atomic mass is 10.00. The van der Waals surface area contributed by atoms with Gasteiger partial charge in [-0.1, -0.05) is 37.3 Å². The molecule has 1 unspecified atom stereocenters. The van der Waals surface area contributed by atoms with Gasteiger partial charge < -0.3 is 10.2 Å². The summed E-state index contributed by atoms with van der Waals surface area (Å²) >= 11 is 0. The second-order valence-electron chi connectivity index (χ2n) is 6.81. The van der Waals surface area contributed by atoms with Crippen LogP contribution in [0.5, 0.6) is 0 Å². The zero-order valence-electron chi connectivity index (χ0n) is 14.8. The molecular formula is C20H26N4O. The molecule has 2 aromatic rings. The fraction of sp³-hybridized carbons (Fsp3) is 0.450. The minimum absolute atomic E-state index is 0.0437. The van der Waals surface area contributed by atoms with Crippen LogP contribution in [0.15, 0.2) is 42.7 Å². The number of benzene rings is 1. The zero-order chi connectivity index (χ0) is 17.5. The number of likely N-dealkylation sites (tertiary alicyclic amines) is 1. The Morgan fingerprint density at radius 3 is 2.72 bits per heavy atom. The summed E-state index contributed by atoms with van der Waals surface area (Å²) in [6.45, 7) is 4.67. The van der Waals surface area contributed by atoms with E-state index in [1.807, 2.05) is 11.0 Å². The smallest absolute Gasteiger partial charge is 0.257 e. The number of anilines is 1. The molecule has 1 aliphatic heterocycles. The SMILES string of the molecule is CC1CCCN(C(=O)c2cnc(NCCCc3ccccc3)nc2)C1. The second kappa shape index (κ2) is 8.60. The summed E-state index contributed by atoms with van der Waals surface area (Å²) in [5.74, 6) is 1.20. The van der Waals surface area contributed by atoms with E-state index in [9.17, 15) is 4.79 Å². The van der Waals surface area contributed by atoms with Crippen LogP contribution >= 0.6 is 0 Å². The van der Waals surface area contributed by atoms with Crippen molar-refractivity contribution >= 4 is 11.9 Å². The van der Waals surface area contributed by atoms with E-state index in [1.165, 1.54) is 12.0 Å². The lowest BCUT2D eigenvalue weighted by Gasteiger charge is -2.30. The second-order valence-corrected chi connectivity index (χ2v) is 6.81. The van der Waals surface area contributed by atoms with Crippen molar-refractivity contribution in [3.63, 3.8) is 0 Å². The van der Waals surface area contributed by atoms with Crippen LogP contribution in [0.4, 0.5) is 5.95 Å². The first kappa shape index (κ1) is 17.4. The molecule has 1 aliphatic rings. The first-order chi connectivity index (χ1) is 12.2.